The number of hydrogen-bond donors (Lipinski definition) is 0. The second-order valence-corrected chi connectivity index (χ2v) is 12.1. The summed E-state index contributed by atoms with van der Waals surface area (Å²) in [4.78, 5) is 9.00. The summed E-state index contributed by atoms with van der Waals surface area (Å²) in [5.74, 6) is 1.07. The molecule has 5 heterocycles. The molecule has 0 aliphatic carbocycles. The number of imidazole rings is 1. The van der Waals surface area contributed by atoms with E-state index < -0.39 is 0 Å². The zero-order chi connectivity index (χ0) is 23.6. The van der Waals surface area contributed by atoms with Gasteiger partial charge in [0.2, 0.25) is 0 Å². The third-order valence-corrected chi connectivity index (χ3v) is 9.58. The molecule has 178 valence electrons. The Morgan fingerprint density at radius 1 is 0.686 bits per heavy atom. The van der Waals surface area contributed by atoms with Crippen molar-refractivity contribution in [1.82, 2.24) is 18.3 Å². The highest BCUT2D eigenvalue weighted by molar-refractivity contribution is 7.14. The van der Waals surface area contributed by atoms with Crippen molar-refractivity contribution in [3.8, 4) is 31.6 Å². The summed E-state index contributed by atoms with van der Waals surface area (Å²) >= 11 is 6.58. The van der Waals surface area contributed by atoms with Crippen molar-refractivity contribution < 1.29 is 0 Å². The standard InChI is InChI=1S/C27H26N4S4/c1-2-3-4-5-6-7-14-31-26-22(19-12-9-16-33-19)24-23(29-35-30-24)21(18-11-8-15-32-18)25(26)28-27(31)20-13-10-17-34-20/h8-13,15-17H,2-7,14H2,1H3. The second-order valence-electron chi connectivity index (χ2n) is 8.70. The third-order valence-electron chi connectivity index (χ3n) is 6.42. The number of nitrogens with zero attached hydrogens (tertiary/aromatic N) is 4. The lowest BCUT2D eigenvalue weighted by Crippen LogP contribution is -2.02. The van der Waals surface area contributed by atoms with Crippen LogP contribution in [0.3, 0.4) is 0 Å². The molecule has 6 aromatic rings. The van der Waals surface area contributed by atoms with E-state index in [2.05, 4.69) is 64.0 Å². The molecule has 0 fully saturated rings. The molecular weight excluding hydrogens is 509 g/mol. The van der Waals surface area contributed by atoms with Crippen LogP contribution in [0, 0.1) is 0 Å². The third kappa shape index (κ3) is 4.27. The lowest BCUT2D eigenvalue weighted by Gasteiger charge is -2.13. The van der Waals surface area contributed by atoms with Crippen LogP contribution in [0.4, 0.5) is 0 Å². The first-order valence-corrected chi connectivity index (χ1v) is 15.5. The van der Waals surface area contributed by atoms with E-state index in [0.717, 1.165) is 40.9 Å². The van der Waals surface area contributed by atoms with Gasteiger partial charge in [-0.05, 0) is 40.8 Å². The molecule has 0 atom stereocenters. The number of thiophene rings is 3. The first-order valence-electron chi connectivity index (χ1n) is 12.2. The lowest BCUT2D eigenvalue weighted by molar-refractivity contribution is 0.566. The number of fused-ring (bicyclic) bond motifs is 2. The number of aryl methyl sites for hydroxylation is 1. The van der Waals surface area contributed by atoms with Crippen LogP contribution in [-0.4, -0.2) is 18.3 Å². The maximum Gasteiger partial charge on any atom is 0.151 e. The number of aromatic nitrogens is 4. The average Bonchev–Trinajstić information content (AvgIpc) is 3.70. The largest absolute Gasteiger partial charge is 0.323 e. The van der Waals surface area contributed by atoms with Crippen molar-refractivity contribution in [1.29, 1.82) is 0 Å². The molecule has 0 N–H and O–H groups in total. The first-order chi connectivity index (χ1) is 17.4. The molecular formula is C27H26N4S4. The SMILES string of the molecule is CCCCCCCCn1c(-c2cccs2)nc2c(-c3cccs3)c3nsnc3c(-c3cccs3)c21. The molecule has 0 saturated carbocycles. The van der Waals surface area contributed by atoms with Gasteiger partial charge in [0.05, 0.1) is 22.1 Å². The van der Waals surface area contributed by atoms with Gasteiger partial charge in [0.25, 0.3) is 0 Å². The molecule has 0 bridgehead atoms. The molecule has 4 nitrogen and oxygen atoms in total. The van der Waals surface area contributed by atoms with Crippen LogP contribution in [0.15, 0.2) is 52.5 Å². The Morgan fingerprint density at radius 3 is 1.94 bits per heavy atom. The van der Waals surface area contributed by atoms with E-state index in [9.17, 15) is 0 Å². The summed E-state index contributed by atoms with van der Waals surface area (Å²) in [5.41, 5.74) is 6.52. The van der Waals surface area contributed by atoms with Gasteiger partial charge in [-0.15, -0.1) is 34.0 Å². The molecule has 5 aromatic heterocycles. The van der Waals surface area contributed by atoms with Gasteiger partial charge in [-0.25, -0.2) is 4.98 Å². The van der Waals surface area contributed by atoms with Crippen LogP contribution in [0.1, 0.15) is 45.4 Å². The lowest BCUT2D eigenvalue weighted by atomic mass is 10.0. The molecule has 0 aliphatic heterocycles. The van der Waals surface area contributed by atoms with E-state index in [1.807, 2.05) is 0 Å². The van der Waals surface area contributed by atoms with Crippen molar-refractivity contribution in [2.75, 3.05) is 0 Å². The van der Waals surface area contributed by atoms with Crippen LogP contribution in [0.25, 0.3) is 53.6 Å². The van der Waals surface area contributed by atoms with E-state index in [4.69, 9.17) is 13.7 Å². The van der Waals surface area contributed by atoms with Crippen molar-refractivity contribution in [2.24, 2.45) is 0 Å². The fourth-order valence-corrected chi connectivity index (χ4v) is 7.62. The van der Waals surface area contributed by atoms with E-state index in [-0.39, 0.29) is 0 Å². The highest BCUT2D eigenvalue weighted by Crippen LogP contribution is 2.46. The van der Waals surface area contributed by atoms with Gasteiger partial charge in [0, 0.05) is 27.4 Å². The molecule has 0 spiro atoms. The maximum absolute atomic E-state index is 5.36. The van der Waals surface area contributed by atoms with Gasteiger partial charge in [-0.2, -0.15) is 8.75 Å². The number of hydrogen-bond acceptors (Lipinski definition) is 7. The molecule has 0 unspecified atom stereocenters. The predicted molar refractivity (Wildman–Crippen MR) is 154 cm³/mol. The van der Waals surface area contributed by atoms with Crippen molar-refractivity contribution >= 4 is 67.8 Å². The van der Waals surface area contributed by atoms with Crippen molar-refractivity contribution in [3.05, 3.63) is 52.5 Å². The van der Waals surface area contributed by atoms with Crippen molar-refractivity contribution in [2.45, 2.75) is 52.0 Å². The zero-order valence-electron chi connectivity index (χ0n) is 19.6. The Bertz CT molecular complexity index is 1520. The maximum atomic E-state index is 5.36. The smallest absolute Gasteiger partial charge is 0.151 e. The Morgan fingerprint density at radius 2 is 1.29 bits per heavy atom. The Labute approximate surface area is 221 Å². The van der Waals surface area contributed by atoms with E-state index in [1.54, 1.807) is 34.0 Å². The summed E-state index contributed by atoms with van der Waals surface area (Å²) in [6.45, 7) is 3.23. The average molecular weight is 535 g/mol. The van der Waals surface area contributed by atoms with Crippen LogP contribution >= 0.6 is 45.7 Å². The molecule has 0 radical (unpaired) electrons. The van der Waals surface area contributed by atoms with Gasteiger partial charge < -0.3 is 4.57 Å². The molecule has 0 aliphatic rings. The summed E-state index contributed by atoms with van der Waals surface area (Å²) in [7, 11) is 0. The summed E-state index contributed by atoms with van der Waals surface area (Å²) in [6.07, 6.45) is 7.63. The van der Waals surface area contributed by atoms with Crippen LogP contribution < -0.4 is 0 Å². The van der Waals surface area contributed by atoms with Gasteiger partial charge in [0.15, 0.2) is 5.82 Å². The van der Waals surface area contributed by atoms with Gasteiger partial charge in [0.1, 0.15) is 16.6 Å². The summed E-state index contributed by atoms with van der Waals surface area (Å²) in [6, 6.07) is 12.9. The minimum atomic E-state index is 0.960. The number of unbranched alkanes of at least 4 members (excludes halogenated alkanes) is 5. The zero-order valence-corrected chi connectivity index (χ0v) is 22.8. The minimum Gasteiger partial charge on any atom is -0.323 e. The van der Waals surface area contributed by atoms with Gasteiger partial charge in [-0.1, -0.05) is 57.2 Å². The molecule has 8 heteroatoms. The Kier molecular flexibility index (Phi) is 6.78. The number of benzene rings is 1. The summed E-state index contributed by atoms with van der Waals surface area (Å²) < 4.78 is 12.1. The molecule has 35 heavy (non-hydrogen) atoms. The highest BCUT2D eigenvalue weighted by Gasteiger charge is 2.27. The Balaban J connectivity index is 1.61. The van der Waals surface area contributed by atoms with E-state index in [1.165, 1.54) is 69.5 Å². The monoisotopic (exact) mass is 534 g/mol. The van der Waals surface area contributed by atoms with Gasteiger partial charge >= 0.3 is 0 Å². The summed E-state index contributed by atoms with van der Waals surface area (Å²) in [5, 5.41) is 6.42. The quantitative estimate of drug-likeness (QED) is 0.164. The van der Waals surface area contributed by atoms with E-state index >= 15 is 0 Å². The van der Waals surface area contributed by atoms with E-state index in [0.29, 0.717) is 0 Å². The molecule has 0 saturated heterocycles. The molecule has 0 amide bonds. The van der Waals surface area contributed by atoms with Gasteiger partial charge in [-0.3, -0.25) is 0 Å². The van der Waals surface area contributed by atoms with Crippen LogP contribution in [-0.2, 0) is 6.54 Å². The minimum absolute atomic E-state index is 0.960. The fourth-order valence-electron chi connectivity index (χ4n) is 4.79. The topological polar surface area (TPSA) is 43.6 Å². The fraction of sp³-hybridized carbons (Fsp3) is 0.296. The normalized spacial score (nSPS) is 11.8. The first kappa shape index (κ1) is 23.0. The highest BCUT2D eigenvalue weighted by atomic mass is 32.1. The van der Waals surface area contributed by atoms with Crippen LogP contribution in [0.5, 0.6) is 0 Å². The van der Waals surface area contributed by atoms with Crippen LogP contribution in [0.2, 0.25) is 0 Å². The molecule has 6 rings (SSSR count). The Hall–Kier alpha value is -2.39. The number of rotatable bonds is 10. The predicted octanol–water partition coefficient (Wildman–Crippen LogP) is 9.59. The second kappa shape index (κ2) is 10.3. The molecule has 1 aromatic carbocycles. The van der Waals surface area contributed by atoms with Crippen molar-refractivity contribution in [3.63, 3.8) is 0 Å².